The van der Waals surface area contributed by atoms with E-state index >= 15 is 0 Å². The van der Waals surface area contributed by atoms with Gasteiger partial charge in [0.25, 0.3) is 0 Å². The van der Waals surface area contributed by atoms with Crippen molar-refractivity contribution in [3.05, 3.63) is 0 Å². The summed E-state index contributed by atoms with van der Waals surface area (Å²) < 4.78 is 0. The van der Waals surface area contributed by atoms with Gasteiger partial charge in [-0.05, 0) is 0 Å². The Balaban J connectivity index is 0. The molecule has 0 aromatic heterocycles. The van der Waals surface area contributed by atoms with E-state index in [4.69, 9.17) is 0 Å². The van der Waals surface area contributed by atoms with E-state index in [-0.39, 0.29) is 182 Å². The molecule has 0 amide bonds. The third-order valence-electron chi connectivity index (χ3n) is 0. The van der Waals surface area contributed by atoms with E-state index in [0.29, 0.717) is 0 Å². The third kappa shape index (κ3) is 293. The summed E-state index contributed by atoms with van der Waals surface area (Å²) in [5.74, 6) is 0. The molecule has 4 radical (unpaired) electrons. The number of hydrogen-bond acceptors (Lipinski definition) is 0. The first-order valence-electron chi connectivity index (χ1n) is 0. The van der Waals surface area contributed by atoms with Gasteiger partial charge >= 0.3 is 132 Å². The number of rotatable bonds is 0. The SMILES string of the molecule is [Nb+5].[Nb+5].[Ni+2].[Ni+2].[O-2].[O-2].[O-2].[O-2].[O-2].[O-2].[O-2].[O-2].[O-2].[Pb+2].[Pb+2]. The molecule has 0 fully saturated rings. The van der Waals surface area contributed by atoms with Gasteiger partial charge < -0.3 is 49.3 Å². The molecule has 0 rings (SSSR count). The molecule has 0 saturated heterocycles. The Morgan fingerprint density at radius 2 is 0.267 bits per heavy atom. The van der Waals surface area contributed by atoms with E-state index in [1.807, 2.05) is 0 Å². The molecule has 0 bridgehead atoms. The Hall–Kier alpha value is 3.95. The predicted octanol–water partition coefficient (Wildman–Crippen LogP) is -1.84. The summed E-state index contributed by atoms with van der Waals surface area (Å²) in [5.41, 5.74) is 0. The second-order valence-corrected chi connectivity index (χ2v) is 0. The van der Waals surface area contributed by atoms with Gasteiger partial charge in [-0.1, -0.05) is 0 Å². The summed E-state index contributed by atoms with van der Waals surface area (Å²) >= 11 is 0. The molecule has 92 valence electrons. The van der Waals surface area contributed by atoms with Gasteiger partial charge in [0.1, 0.15) is 0 Å². The molecule has 0 unspecified atom stereocenters. The zero-order valence-corrected chi connectivity index (χ0v) is 20.3. The van der Waals surface area contributed by atoms with Crippen LogP contribution in [0.1, 0.15) is 0 Å². The maximum absolute atomic E-state index is 0. The first kappa shape index (κ1) is 391. The minimum absolute atomic E-state index is 0. The summed E-state index contributed by atoms with van der Waals surface area (Å²) in [6.07, 6.45) is 0. The van der Waals surface area contributed by atoms with Crippen LogP contribution in [0.15, 0.2) is 0 Å². The topological polar surface area (TPSA) is 256 Å². The normalized spacial score (nSPS) is 0. The van der Waals surface area contributed by atoms with Crippen molar-refractivity contribution in [3.63, 3.8) is 0 Å². The Kier molecular flexibility index (Phi) is 8610. The zero-order valence-electron chi connectivity index (χ0n) is 6.20. The molecule has 15 heteroatoms. The van der Waals surface area contributed by atoms with Crippen molar-refractivity contribution in [2.24, 2.45) is 0 Å². The summed E-state index contributed by atoms with van der Waals surface area (Å²) in [5, 5.41) is 0. The fraction of sp³-hybridized carbons (Fsp3) is 0. The standard InChI is InChI=1S/2Nb.2Ni.9O.2Pb/q2*+5;2*+2;9*-2;2*+2. The minimum Gasteiger partial charge on any atom is -2.00 e. The molecule has 0 aliphatic heterocycles. The quantitative estimate of drug-likeness (QED) is 0.244. The second kappa shape index (κ2) is 330. The monoisotopic (exact) mass is 862 g/mol. The Morgan fingerprint density at radius 3 is 0.267 bits per heavy atom. The summed E-state index contributed by atoms with van der Waals surface area (Å²) in [4.78, 5) is 0. The van der Waals surface area contributed by atoms with E-state index in [2.05, 4.69) is 0 Å². The zero-order chi connectivity index (χ0) is 0. The Labute approximate surface area is 179 Å². The average Bonchev–Trinajstić information content (AvgIpc) is 0. The van der Waals surface area contributed by atoms with Crippen LogP contribution in [0.3, 0.4) is 0 Å². The summed E-state index contributed by atoms with van der Waals surface area (Å²) in [6.45, 7) is 0. The molecule has 0 saturated carbocycles. The largest absolute Gasteiger partial charge is 5.00 e. The second-order valence-electron chi connectivity index (χ2n) is 0. The molecule has 9 nitrogen and oxygen atoms in total. The van der Waals surface area contributed by atoms with Gasteiger partial charge in [-0.2, -0.15) is 0 Å². The molecule has 0 heterocycles. The van der Waals surface area contributed by atoms with Gasteiger partial charge in [-0.3, -0.25) is 0 Å². The average molecular weight is 862 g/mol. The van der Waals surface area contributed by atoms with Gasteiger partial charge in [0.05, 0.1) is 0 Å². The van der Waals surface area contributed by atoms with Crippen LogP contribution in [0.5, 0.6) is 0 Å². The van der Waals surface area contributed by atoms with E-state index in [0.717, 1.165) is 0 Å². The first-order valence-corrected chi connectivity index (χ1v) is 0. The van der Waals surface area contributed by atoms with Crippen molar-refractivity contribution in [1.82, 2.24) is 0 Å². The van der Waals surface area contributed by atoms with Gasteiger partial charge in [0.2, 0.25) is 0 Å². The molecule has 0 aliphatic carbocycles. The van der Waals surface area contributed by atoms with Crippen LogP contribution in [0, 0.1) is 0 Å². The van der Waals surface area contributed by atoms with Gasteiger partial charge in [0, 0.05) is 0 Å². The summed E-state index contributed by atoms with van der Waals surface area (Å²) in [6, 6.07) is 0. The fourth-order valence-corrected chi connectivity index (χ4v) is 0. The van der Waals surface area contributed by atoms with Crippen LogP contribution in [0.4, 0.5) is 0 Å². The Bertz CT molecular complexity index is 24.1. The van der Waals surface area contributed by atoms with Gasteiger partial charge in [-0.25, -0.2) is 0 Å². The Morgan fingerprint density at radius 1 is 0.267 bits per heavy atom. The molecule has 0 aliphatic rings. The molecule has 0 atom stereocenters. The number of hydrogen-bond donors (Lipinski definition) is 0. The molecule has 0 aromatic carbocycles. The minimum atomic E-state index is 0. The van der Waals surface area contributed by atoms with E-state index < -0.39 is 0 Å². The predicted molar refractivity (Wildman–Crippen MR) is 17.7 cm³/mol. The van der Waals surface area contributed by atoms with Crippen molar-refractivity contribution in [1.29, 1.82) is 0 Å². The fourth-order valence-electron chi connectivity index (χ4n) is 0. The van der Waals surface area contributed by atoms with Crippen LogP contribution in [-0.4, -0.2) is 54.6 Å². The molecular weight excluding hydrogens is 862 g/mol. The smallest absolute Gasteiger partial charge is 2.00 e. The van der Waals surface area contributed by atoms with Crippen LogP contribution in [0.25, 0.3) is 0 Å². The third-order valence-corrected chi connectivity index (χ3v) is 0. The molecule has 0 N–H and O–H groups in total. The van der Waals surface area contributed by atoms with Crippen molar-refractivity contribution >= 4 is 54.6 Å². The van der Waals surface area contributed by atoms with E-state index in [1.54, 1.807) is 0 Å². The maximum atomic E-state index is 0. The first-order chi connectivity index (χ1) is 0. The van der Waals surface area contributed by atoms with Gasteiger partial charge in [0.15, 0.2) is 0 Å². The van der Waals surface area contributed by atoms with Crippen molar-refractivity contribution < 1.29 is 127 Å². The van der Waals surface area contributed by atoms with E-state index in [1.165, 1.54) is 0 Å². The van der Waals surface area contributed by atoms with Crippen LogP contribution >= 0.6 is 0 Å². The van der Waals surface area contributed by atoms with Crippen molar-refractivity contribution in [2.45, 2.75) is 0 Å². The van der Waals surface area contributed by atoms with Crippen LogP contribution < -0.4 is 0 Å². The van der Waals surface area contributed by atoms with Gasteiger partial charge in [-0.15, -0.1) is 0 Å². The van der Waals surface area contributed by atoms with Crippen molar-refractivity contribution in [3.8, 4) is 0 Å². The molecular formula is Nb2Ni2O9Pb2. The van der Waals surface area contributed by atoms with E-state index in [9.17, 15) is 0 Å². The molecule has 15 heavy (non-hydrogen) atoms. The molecule has 0 spiro atoms. The summed E-state index contributed by atoms with van der Waals surface area (Å²) in [7, 11) is 0. The van der Waals surface area contributed by atoms with Crippen LogP contribution in [0.2, 0.25) is 0 Å². The maximum Gasteiger partial charge on any atom is 5.00 e. The molecule has 0 aromatic rings. The van der Waals surface area contributed by atoms with Crippen LogP contribution in [-0.2, 0) is 127 Å². The van der Waals surface area contributed by atoms with Crippen molar-refractivity contribution in [2.75, 3.05) is 0 Å².